The Bertz CT molecular complexity index is 122. The maximum atomic E-state index is 3.63. The Labute approximate surface area is 68.7 Å². The van der Waals surface area contributed by atoms with E-state index in [0.717, 1.165) is 18.0 Å². The van der Waals surface area contributed by atoms with Crippen LogP contribution < -0.4 is 10.6 Å². The average Bonchev–Trinajstić information content (AvgIpc) is 2.38. The molecular weight excluding hydrogens is 136 g/mol. The third kappa shape index (κ3) is 1.57. The minimum atomic E-state index is 0.778. The molecule has 2 nitrogen and oxygen atoms in total. The summed E-state index contributed by atoms with van der Waals surface area (Å²) in [4.78, 5) is 0. The van der Waals surface area contributed by atoms with Crippen LogP contribution in [0, 0.1) is 5.92 Å². The van der Waals surface area contributed by atoms with E-state index in [2.05, 4.69) is 17.6 Å². The molecule has 0 spiro atoms. The van der Waals surface area contributed by atoms with Gasteiger partial charge < -0.3 is 10.6 Å². The van der Waals surface area contributed by atoms with E-state index in [1.165, 1.54) is 32.4 Å². The summed E-state index contributed by atoms with van der Waals surface area (Å²) in [6.07, 6.45) is 4.17. The molecule has 0 unspecified atom stereocenters. The second-order valence-electron chi connectivity index (χ2n) is 4.07. The van der Waals surface area contributed by atoms with Gasteiger partial charge in [-0.2, -0.15) is 0 Å². The quantitative estimate of drug-likeness (QED) is 0.537. The molecular formula is C9H18N2. The molecule has 64 valence electrons. The maximum Gasteiger partial charge on any atom is 0.0221 e. The van der Waals surface area contributed by atoms with Crippen molar-refractivity contribution in [1.82, 2.24) is 10.6 Å². The number of fused-ring (bicyclic) bond motifs is 1. The number of hydrogen-bond donors (Lipinski definition) is 2. The fourth-order valence-electron chi connectivity index (χ4n) is 2.23. The van der Waals surface area contributed by atoms with Gasteiger partial charge in [0.15, 0.2) is 0 Å². The first kappa shape index (κ1) is 7.56. The largest absolute Gasteiger partial charge is 0.312 e. The SMILES string of the molecule is C[C@@H]1CN[C@H]2CCC[C@H]2NC1. The second-order valence-corrected chi connectivity index (χ2v) is 4.07. The van der Waals surface area contributed by atoms with Crippen molar-refractivity contribution in [2.24, 2.45) is 5.92 Å². The zero-order chi connectivity index (χ0) is 7.68. The average molecular weight is 154 g/mol. The number of nitrogens with one attached hydrogen (secondary N) is 2. The van der Waals surface area contributed by atoms with Gasteiger partial charge in [0.25, 0.3) is 0 Å². The van der Waals surface area contributed by atoms with Gasteiger partial charge in [0.05, 0.1) is 0 Å². The van der Waals surface area contributed by atoms with Crippen LogP contribution in [0.3, 0.4) is 0 Å². The molecule has 0 radical (unpaired) electrons. The van der Waals surface area contributed by atoms with E-state index < -0.39 is 0 Å². The van der Waals surface area contributed by atoms with E-state index in [4.69, 9.17) is 0 Å². The Morgan fingerprint density at radius 2 is 1.55 bits per heavy atom. The summed E-state index contributed by atoms with van der Waals surface area (Å²) in [5.74, 6) is 0.806. The Hall–Kier alpha value is -0.0800. The van der Waals surface area contributed by atoms with Crippen molar-refractivity contribution in [2.45, 2.75) is 38.3 Å². The molecule has 11 heavy (non-hydrogen) atoms. The van der Waals surface area contributed by atoms with E-state index in [0.29, 0.717) is 0 Å². The van der Waals surface area contributed by atoms with Crippen molar-refractivity contribution in [3.8, 4) is 0 Å². The Morgan fingerprint density at radius 1 is 1.00 bits per heavy atom. The Morgan fingerprint density at radius 3 is 2.09 bits per heavy atom. The van der Waals surface area contributed by atoms with Crippen LogP contribution in [-0.4, -0.2) is 25.2 Å². The van der Waals surface area contributed by atoms with Crippen LogP contribution >= 0.6 is 0 Å². The minimum Gasteiger partial charge on any atom is -0.312 e. The topological polar surface area (TPSA) is 24.1 Å². The van der Waals surface area contributed by atoms with Crippen LogP contribution in [0.1, 0.15) is 26.2 Å². The molecule has 2 rings (SSSR count). The molecule has 1 heterocycles. The smallest absolute Gasteiger partial charge is 0.0221 e. The highest BCUT2D eigenvalue weighted by Crippen LogP contribution is 2.20. The normalized spacial score (nSPS) is 45.0. The molecule has 2 aliphatic rings. The fourth-order valence-corrected chi connectivity index (χ4v) is 2.23. The maximum absolute atomic E-state index is 3.63. The van der Waals surface area contributed by atoms with Gasteiger partial charge in [-0.25, -0.2) is 0 Å². The Balaban J connectivity index is 1.95. The van der Waals surface area contributed by atoms with Gasteiger partial charge in [0, 0.05) is 12.1 Å². The second kappa shape index (κ2) is 3.11. The number of rotatable bonds is 0. The van der Waals surface area contributed by atoms with Crippen molar-refractivity contribution >= 4 is 0 Å². The summed E-state index contributed by atoms with van der Waals surface area (Å²) in [5.41, 5.74) is 0. The van der Waals surface area contributed by atoms with Crippen molar-refractivity contribution in [3.63, 3.8) is 0 Å². The molecule has 0 aromatic rings. The predicted molar refractivity (Wildman–Crippen MR) is 46.6 cm³/mol. The summed E-state index contributed by atoms with van der Waals surface area (Å²) < 4.78 is 0. The molecule has 3 atom stereocenters. The highest BCUT2D eigenvalue weighted by molar-refractivity contribution is 4.91. The first-order valence-electron chi connectivity index (χ1n) is 4.83. The zero-order valence-corrected chi connectivity index (χ0v) is 7.27. The lowest BCUT2D eigenvalue weighted by Gasteiger charge is -2.16. The monoisotopic (exact) mass is 154 g/mol. The Kier molecular flexibility index (Phi) is 2.14. The van der Waals surface area contributed by atoms with Crippen LogP contribution in [0.15, 0.2) is 0 Å². The van der Waals surface area contributed by atoms with Crippen LogP contribution in [0.4, 0.5) is 0 Å². The van der Waals surface area contributed by atoms with Gasteiger partial charge in [0.1, 0.15) is 0 Å². The standard InChI is InChI=1S/C9H18N2/c1-7-5-10-8-3-2-4-9(8)11-6-7/h7-11H,2-6H2,1H3/t7-,8+,9-. The molecule has 0 aromatic carbocycles. The van der Waals surface area contributed by atoms with Gasteiger partial charge in [-0.15, -0.1) is 0 Å². The molecule has 0 aromatic heterocycles. The first-order valence-corrected chi connectivity index (χ1v) is 4.83. The molecule has 2 fully saturated rings. The summed E-state index contributed by atoms with van der Waals surface area (Å²) in [6.45, 7) is 4.71. The lowest BCUT2D eigenvalue weighted by atomic mass is 10.2. The van der Waals surface area contributed by atoms with E-state index in [9.17, 15) is 0 Å². The minimum absolute atomic E-state index is 0.778. The highest BCUT2D eigenvalue weighted by atomic mass is 15.1. The van der Waals surface area contributed by atoms with Gasteiger partial charge in [-0.3, -0.25) is 0 Å². The third-order valence-electron chi connectivity index (χ3n) is 2.97. The molecule has 0 bridgehead atoms. The van der Waals surface area contributed by atoms with Crippen LogP contribution in [0.2, 0.25) is 0 Å². The number of hydrogen-bond acceptors (Lipinski definition) is 2. The first-order chi connectivity index (χ1) is 5.36. The van der Waals surface area contributed by atoms with Crippen molar-refractivity contribution < 1.29 is 0 Å². The lowest BCUT2D eigenvalue weighted by Crippen LogP contribution is -2.40. The molecule has 1 saturated carbocycles. The highest BCUT2D eigenvalue weighted by Gasteiger charge is 2.28. The van der Waals surface area contributed by atoms with Gasteiger partial charge in [0.2, 0.25) is 0 Å². The van der Waals surface area contributed by atoms with E-state index in [1.54, 1.807) is 0 Å². The fraction of sp³-hybridized carbons (Fsp3) is 1.00. The van der Waals surface area contributed by atoms with Crippen molar-refractivity contribution in [2.75, 3.05) is 13.1 Å². The van der Waals surface area contributed by atoms with Crippen molar-refractivity contribution in [1.29, 1.82) is 0 Å². The summed E-state index contributed by atoms with van der Waals surface area (Å²) >= 11 is 0. The third-order valence-corrected chi connectivity index (χ3v) is 2.97. The van der Waals surface area contributed by atoms with Crippen molar-refractivity contribution in [3.05, 3.63) is 0 Å². The summed E-state index contributed by atoms with van der Waals surface area (Å²) in [5, 5.41) is 7.26. The summed E-state index contributed by atoms with van der Waals surface area (Å²) in [6, 6.07) is 1.56. The lowest BCUT2D eigenvalue weighted by molar-refractivity contribution is 0.460. The summed E-state index contributed by atoms with van der Waals surface area (Å²) in [7, 11) is 0. The van der Waals surface area contributed by atoms with E-state index in [-0.39, 0.29) is 0 Å². The molecule has 0 amide bonds. The molecule has 1 saturated heterocycles. The van der Waals surface area contributed by atoms with E-state index >= 15 is 0 Å². The molecule has 1 aliphatic heterocycles. The molecule has 2 heteroatoms. The van der Waals surface area contributed by atoms with Crippen LogP contribution in [0.5, 0.6) is 0 Å². The van der Waals surface area contributed by atoms with Gasteiger partial charge >= 0.3 is 0 Å². The van der Waals surface area contributed by atoms with E-state index in [1.807, 2.05) is 0 Å². The van der Waals surface area contributed by atoms with Gasteiger partial charge in [-0.1, -0.05) is 13.3 Å². The molecule has 2 N–H and O–H groups in total. The predicted octanol–water partition coefficient (Wildman–Crippen LogP) is 0.736. The van der Waals surface area contributed by atoms with Crippen LogP contribution in [0.25, 0.3) is 0 Å². The zero-order valence-electron chi connectivity index (χ0n) is 7.27. The van der Waals surface area contributed by atoms with Gasteiger partial charge in [-0.05, 0) is 31.8 Å². The molecule has 1 aliphatic carbocycles. The van der Waals surface area contributed by atoms with Crippen LogP contribution in [-0.2, 0) is 0 Å².